The summed E-state index contributed by atoms with van der Waals surface area (Å²) in [6, 6.07) is 2.92. The van der Waals surface area contributed by atoms with Crippen LogP contribution in [0, 0.1) is 5.92 Å². The summed E-state index contributed by atoms with van der Waals surface area (Å²) in [7, 11) is -3.25. The molecule has 8 nitrogen and oxygen atoms in total. The molecule has 2 atom stereocenters. The van der Waals surface area contributed by atoms with Crippen molar-refractivity contribution in [3.63, 3.8) is 0 Å². The normalized spacial score (nSPS) is 25.4. The molecule has 0 radical (unpaired) electrons. The molecule has 3 rings (SSSR count). The lowest BCUT2D eigenvalue weighted by molar-refractivity contribution is -0.133. The van der Waals surface area contributed by atoms with Crippen LogP contribution >= 0.6 is 11.3 Å². The molecule has 1 aliphatic carbocycles. The number of amides is 3. The van der Waals surface area contributed by atoms with E-state index in [0.717, 1.165) is 35.3 Å². The van der Waals surface area contributed by atoms with Crippen molar-refractivity contribution in [3.8, 4) is 0 Å². The van der Waals surface area contributed by atoms with Gasteiger partial charge in [0.2, 0.25) is 10.0 Å². The third-order valence-corrected chi connectivity index (χ3v) is 7.39. The fraction of sp³-hybridized carbons (Fsp3) is 0.611. The van der Waals surface area contributed by atoms with Crippen LogP contribution in [-0.2, 0) is 21.2 Å². The van der Waals surface area contributed by atoms with Crippen molar-refractivity contribution in [1.82, 2.24) is 14.9 Å². The fourth-order valence-electron chi connectivity index (χ4n) is 3.88. The summed E-state index contributed by atoms with van der Waals surface area (Å²) in [5.74, 6) is -0.544. The molecule has 1 aromatic rings. The summed E-state index contributed by atoms with van der Waals surface area (Å²) < 4.78 is 24.6. The van der Waals surface area contributed by atoms with E-state index in [1.807, 2.05) is 6.92 Å². The summed E-state index contributed by atoms with van der Waals surface area (Å²) in [4.78, 5) is 40.3. The zero-order chi connectivity index (χ0) is 20.5. The zero-order valence-electron chi connectivity index (χ0n) is 16.0. The predicted octanol–water partition coefficient (Wildman–Crippen LogP) is 1.52. The van der Waals surface area contributed by atoms with Gasteiger partial charge in [-0.25, -0.2) is 17.9 Å². The molecule has 1 saturated heterocycles. The first-order valence-electron chi connectivity index (χ1n) is 9.33. The number of carbonyl (C=O) groups is 3. The lowest BCUT2D eigenvalue weighted by atomic mass is 9.73. The minimum Gasteiger partial charge on any atom is -0.323 e. The van der Waals surface area contributed by atoms with Crippen molar-refractivity contribution in [2.45, 2.75) is 44.6 Å². The predicted molar refractivity (Wildman–Crippen MR) is 106 cm³/mol. The van der Waals surface area contributed by atoms with Gasteiger partial charge in [-0.2, -0.15) is 0 Å². The molecule has 0 aromatic carbocycles. The van der Waals surface area contributed by atoms with E-state index in [2.05, 4.69) is 10.0 Å². The zero-order valence-corrected chi connectivity index (χ0v) is 17.6. The van der Waals surface area contributed by atoms with Crippen LogP contribution in [0.25, 0.3) is 0 Å². The van der Waals surface area contributed by atoms with E-state index >= 15 is 0 Å². The maximum Gasteiger partial charge on any atom is 0.325 e. The number of nitrogens with zero attached hydrogens (tertiary/aromatic N) is 1. The van der Waals surface area contributed by atoms with Gasteiger partial charge in [0.15, 0.2) is 5.78 Å². The summed E-state index contributed by atoms with van der Waals surface area (Å²) in [6.07, 6.45) is 4.97. The van der Waals surface area contributed by atoms with E-state index in [0.29, 0.717) is 17.7 Å². The Kier molecular flexibility index (Phi) is 5.92. The number of urea groups is 1. The highest BCUT2D eigenvalue weighted by Gasteiger charge is 2.55. The second-order valence-corrected chi connectivity index (χ2v) is 10.5. The second kappa shape index (κ2) is 7.92. The van der Waals surface area contributed by atoms with Gasteiger partial charge in [0.05, 0.1) is 17.7 Å². The Bertz CT molecular complexity index is 895. The van der Waals surface area contributed by atoms with Crippen molar-refractivity contribution < 1.29 is 22.8 Å². The number of Topliss-reactive ketones (excluding diaryl/α,β-unsaturated/α-hetero) is 1. The molecule has 10 heteroatoms. The molecule has 0 bridgehead atoms. The van der Waals surface area contributed by atoms with Crippen molar-refractivity contribution in [3.05, 3.63) is 21.9 Å². The average molecular weight is 428 g/mol. The number of sulfonamides is 1. The number of nitrogens with one attached hydrogen (secondary N) is 2. The highest BCUT2D eigenvalue weighted by Crippen LogP contribution is 2.38. The van der Waals surface area contributed by atoms with E-state index in [9.17, 15) is 22.8 Å². The molecule has 1 aliphatic heterocycles. The van der Waals surface area contributed by atoms with Crippen molar-refractivity contribution >= 4 is 39.1 Å². The standard InChI is InChI=1S/C18H25N3O5S2/c1-12-5-3-4-9-18(12)16(23)21(17(24)20-18)11-14(22)15-7-6-13(27-15)8-10-19-28(2,25)26/h6-7,12,19H,3-5,8-11H2,1-2H3,(H,20,24)/t12-,18+/m0/s1. The van der Waals surface area contributed by atoms with Gasteiger partial charge in [-0.15, -0.1) is 11.3 Å². The molecule has 2 N–H and O–H groups in total. The maximum atomic E-state index is 12.9. The topological polar surface area (TPSA) is 113 Å². The Balaban J connectivity index is 1.63. The molecular weight excluding hydrogens is 402 g/mol. The van der Waals surface area contributed by atoms with E-state index in [-0.39, 0.29) is 30.7 Å². The van der Waals surface area contributed by atoms with Crippen molar-refractivity contribution in [2.24, 2.45) is 5.92 Å². The van der Waals surface area contributed by atoms with Gasteiger partial charge in [-0.05, 0) is 37.3 Å². The minimum absolute atomic E-state index is 0.0495. The molecule has 2 heterocycles. The molecule has 28 heavy (non-hydrogen) atoms. The Morgan fingerprint density at radius 2 is 2.11 bits per heavy atom. The number of imide groups is 1. The Hall–Kier alpha value is -1.78. The smallest absolute Gasteiger partial charge is 0.323 e. The van der Waals surface area contributed by atoms with Gasteiger partial charge >= 0.3 is 6.03 Å². The first-order valence-corrected chi connectivity index (χ1v) is 12.0. The van der Waals surface area contributed by atoms with Crippen LogP contribution in [-0.4, -0.2) is 55.9 Å². The molecular formula is C18H25N3O5S2. The van der Waals surface area contributed by atoms with Gasteiger partial charge < -0.3 is 5.32 Å². The summed E-state index contributed by atoms with van der Waals surface area (Å²) in [5, 5.41) is 2.85. The molecule has 1 aromatic heterocycles. The first-order chi connectivity index (χ1) is 13.1. The number of rotatable bonds is 7. The van der Waals surface area contributed by atoms with Crippen LogP contribution in [0.4, 0.5) is 4.79 Å². The molecule has 2 aliphatic rings. The summed E-state index contributed by atoms with van der Waals surface area (Å²) in [6.45, 7) is 1.94. The van der Waals surface area contributed by atoms with Crippen LogP contribution in [0.3, 0.4) is 0 Å². The van der Waals surface area contributed by atoms with E-state index in [1.54, 1.807) is 12.1 Å². The van der Waals surface area contributed by atoms with Gasteiger partial charge in [0, 0.05) is 11.4 Å². The molecule has 154 valence electrons. The molecule has 3 amide bonds. The third-order valence-electron chi connectivity index (χ3n) is 5.48. The Morgan fingerprint density at radius 1 is 1.36 bits per heavy atom. The molecule has 1 spiro atoms. The van der Waals surface area contributed by atoms with E-state index in [1.165, 1.54) is 11.3 Å². The number of thiophene rings is 1. The van der Waals surface area contributed by atoms with Crippen molar-refractivity contribution in [1.29, 1.82) is 0 Å². The van der Waals surface area contributed by atoms with Crippen LogP contribution < -0.4 is 10.0 Å². The lowest BCUT2D eigenvalue weighted by Crippen LogP contribution is -2.54. The third kappa shape index (κ3) is 4.28. The van der Waals surface area contributed by atoms with Crippen LogP contribution in [0.1, 0.15) is 47.2 Å². The molecule has 1 saturated carbocycles. The lowest BCUT2D eigenvalue weighted by Gasteiger charge is -2.36. The first kappa shape index (κ1) is 20.9. The van der Waals surface area contributed by atoms with Crippen LogP contribution in [0.2, 0.25) is 0 Å². The van der Waals surface area contributed by atoms with Crippen LogP contribution in [0.15, 0.2) is 12.1 Å². The monoisotopic (exact) mass is 427 g/mol. The fourth-order valence-corrected chi connectivity index (χ4v) is 5.29. The highest BCUT2D eigenvalue weighted by molar-refractivity contribution is 7.88. The number of ketones is 1. The summed E-state index contributed by atoms with van der Waals surface area (Å²) >= 11 is 1.25. The number of carbonyl (C=O) groups excluding carboxylic acids is 3. The van der Waals surface area contributed by atoms with Crippen LogP contribution in [0.5, 0.6) is 0 Å². The quantitative estimate of drug-likeness (QED) is 0.506. The average Bonchev–Trinajstić information content (AvgIpc) is 3.16. The highest BCUT2D eigenvalue weighted by atomic mass is 32.2. The van der Waals surface area contributed by atoms with Gasteiger partial charge in [-0.3, -0.25) is 14.5 Å². The molecule has 0 unspecified atom stereocenters. The van der Waals surface area contributed by atoms with Gasteiger partial charge in [-0.1, -0.05) is 19.8 Å². The van der Waals surface area contributed by atoms with E-state index in [4.69, 9.17) is 0 Å². The Morgan fingerprint density at radius 3 is 2.79 bits per heavy atom. The SMILES string of the molecule is C[C@H]1CCCC[C@@]12NC(=O)N(CC(=O)c1ccc(CCNS(C)(=O)=O)s1)C2=O. The number of hydrogen-bond acceptors (Lipinski definition) is 6. The minimum atomic E-state index is -3.25. The summed E-state index contributed by atoms with van der Waals surface area (Å²) in [5.41, 5.74) is -0.868. The second-order valence-electron chi connectivity index (χ2n) is 7.55. The van der Waals surface area contributed by atoms with Gasteiger partial charge in [0.1, 0.15) is 5.54 Å². The largest absolute Gasteiger partial charge is 0.325 e. The van der Waals surface area contributed by atoms with Gasteiger partial charge in [0.25, 0.3) is 5.91 Å². The number of hydrogen-bond donors (Lipinski definition) is 2. The maximum absolute atomic E-state index is 12.9. The Labute approximate surface area is 168 Å². The van der Waals surface area contributed by atoms with Crippen molar-refractivity contribution in [2.75, 3.05) is 19.3 Å². The molecule has 2 fully saturated rings. The van der Waals surface area contributed by atoms with E-state index < -0.39 is 21.6 Å².